The first-order chi connectivity index (χ1) is 5.15. The van der Waals surface area contributed by atoms with E-state index in [0.29, 0.717) is 6.04 Å². The van der Waals surface area contributed by atoms with E-state index in [4.69, 9.17) is 0 Å². The van der Waals surface area contributed by atoms with Gasteiger partial charge in [0, 0.05) is 6.04 Å². The Labute approximate surface area is 73.2 Å². The Morgan fingerprint density at radius 1 is 1.82 bits per heavy atom. The van der Waals surface area contributed by atoms with E-state index in [9.17, 15) is 4.79 Å². The normalized spacial score (nSPS) is 31.2. The Morgan fingerprint density at radius 2 is 2.45 bits per heavy atom. The lowest BCUT2D eigenvalue weighted by Crippen LogP contribution is -2.32. The molecule has 1 amide bonds. The van der Waals surface area contributed by atoms with Crippen molar-refractivity contribution in [2.75, 3.05) is 0 Å². The molecule has 0 aliphatic heterocycles. The largest absolute Gasteiger partial charge is 0.352 e. The first-order valence-electron chi connectivity index (χ1n) is 4.13. The molecule has 0 aromatic heterocycles. The summed E-state index contributed by atoms with van der Waals surface area (Å²) in [5, 5.41) is 2.77. The monoisotopic (exact) mass is 173 g/mol. The summed E-state index contributed by atoms with van der Waals surface area (Å²) in [7, 11) is 0. The van der Waals surface area contributed by atoms with Gasteiger partial charge in [-0.3, -0.25) is 4.79 Å². The quantitative estimate of drug-likeness (QED) is 0.617. The van der Waals surface area contributed by atoms with E-state index >= 15 is 0 Å². The van der Waals surface area contributed by atoms with Gasteiger partial charge in [-0.25, -0.2) is 0 Å². The van der Waals surface area contributed by atoms with Crippen molar-refractivity contribution in [3.8, 4) is 0 Å². The van der Waals surface area contributed by atoms with E-state index in [1.54, 1.807) is 6.92 Å². The standard InChI is InChI=1S/C8H15NOS/c1-3-6-4-7(6)9-8(10)5(2)11/h5-7,11H,3-4H2,1-2H3,(H,9,10). The van der Waals surface area contributed by atoms with Gasteiger partial charge < -0.3 is 5.32 Å². The van der Waals surface area contributed by atoms with Crippen molar-refractivity contribution < 1.29 is 4.79 Å². The molecule has 1 rings (SSSR count). The van der Waals surface area contributed by atoms with Crippen molar-refractivity contribution in [2.24, 2.45) is 5.92 Å². The van der Waals surface area contributed by atoms with E-state index in [1.807, 2.05) is 0 Å². The van der Waals surface area contributed by atoms with Crippen LogP contribution >= 0.6 is 12.6 Å². The number of carbonyl (C=O) groups is 1. The molecule has 0 heterocycles. The maximum absolute atomic E-state index is 11.1. The molecular formula is C8H15NOS. The predicted octanol–water partition coefficient (Wildman–Crippen LogP) is 1.22. The van der Waals surface area contributed by atoms with Crippen LogP contribution in [0.15, 0.2) is 0 Å². The lowest BCUT2D eigenvalue weighted by molar-refractivity contribution is -0.120. The Morgan fingerprint density at radius 3 is 2.82 bits per heavy atom. The molecular weight excluding hydrogens is 158 g/mol. The van der Waals surface area contributed by atoms with Crippen molar-refractivity contribution in [3.05, 3.63) is 0 Å². The van der Waals surface area contributed by atoms with Crippen LogP contribution in [-0.4, -0.2) is 17.2 Å². The van der Waals surface area contributed by atoms with Gasteiger partial charge in [-0.2, -0.15) is 12.6 Å². The third-order valence-electron chi connectivity index (χ3n) is 2.15. The number of carbonyl (C=O) groups excluding carboxylic acids is 1. The minimum atomic E-state index is -0.173. The second-order valence-corrected chi connectivity index (χ2v) is 3.97. The summed E-state index contributed by atoms with van der Waals surface area (Å²) in [6, 6.07) is 0.446. The number of thiol groups is 1. The second kappa shape index (κ2) is 3.48. The highest BCUT2D eigenvalue weighted by molar-refractivity contribution is 7.81. The minimum Gasteiger partial charge on any atom is -0.352 e. The Kier molecular flexibility index (Phi) is 2.82. The zero-order valence-corrected chi connectivity index (χ0v) is 7.90. The van der Waals surface area contributed by atoms with Gasteiger partial charge in [-0.1, -0.05) is 13.3 Å². The Hall–Kier alpha value is -0.180. The fourth-order valence-corrected chi connectivity index (χ4v) is 1.25. The molecule has 0 saturated heterocycles. The van der Waals surface area contributed by atoms with Crippen LogP contribution in [-0.2, 0) is 4.79 Å². The number of nitrogens with one attached hydrogen (secondary N) is 1. The first kappa shape index (κ1) is 8.91. The zero-order valence-electron chi connectivity index (χ0n) is 7.00. The van der Waals surface area contributed by atoms with Gasteiger partial charge in [-0.15, -0.1) is 0 Å². The van der Waals surface area contributed by atoms with Gasteiger partial charge in [-0.05, 0) is 19.3 Å². The van der Waals surface area contributed by atoms with Crippen LogP contribution in [0.4, 0.5) is 0 Å². The molecule has 0 spiro atoms. The average molecular weight is 173 g/mol. The average Bonchev–Trinajstić information content (AvgIpc) is 2.67. The molecule has 64 valence electrons. The van der Waals surface area contributed by atoms with Crippen molar-refractivity contribution in [2.45, 2.75) is 38.0 Å². The molecule has 11 heavy (non-hydrogen) atoms. The number of hydrogen-bond acceptors (Lipinski definition) is 2. The van der Waals surface area contributed by atoms with Crippen molar-refractivity contribution >= 4 is 18.5 Å². The van der Waals surface area contributed by atoms with Gasteiger partial charge in [0.1, 0.15) is 0 Å². The highest BCUT2D eigenvalue weighted by Crippen LogP contribution is 2.33. The molecule has 2 nitrogen and oxygen atoms in total. The van der Waals surface area contributed by atoms with Crippen LogP contribution in [0, 0.1) is 5.92 Å². The number of hydrogen-bond donors (Lipinski definition) is 2. The maximum Gasteiger partial charge on any atom is 0.232 e. The van der Waals surface area contributed by atoms with Crippen LogP contribution in [0.2, 0.25) is 0 Å². The smallest absolute Gasteiger partial charge is 0.232 e. The molecule has 1 aliphatic carbocycles. The molecule has 0 aromatic rings. The first-order valence-corrected chi connectivity index (χ1v) is 4.65. The van der Waals surface area contributed by atoms with Crippen LogP contribution in [0.3, 0.4) is 0 Å². The molecule has 1 aliphatic rings. The van der Waals surface area contributed by atoms with Gasteiger partial charge in [0.05, 0.1) is 5.25 Å². The molecule has 0 radical (unpaired) electrons. The number of amides is 1. The topological polar surface area (TPSA) is 29.1 Å². The van der Waals surface area contributed by atoms with E-state index in [2.05, 4.69) is 24.9 Å². The molecule has 0 bridgehead atoms. The fraction of sp³-hybridized carbons (Fsp3) is 0.875. The number of rotatable bonds is 3. The summed E-state index contributed by atoms with van der Waals surface area (Å²) in [6.45, 7) is 3.95. The molecule has 1 fully saturated rings. The SMILES string of the molecule is CCC1CC1NC(=O)C(C)S. The zero-order chi connectivity index (χ0) is 8.43. The van der Waals surface area contributed by atoms with E-state index in [-0.39, 0.29) is 11.2 Å². The van der Waals surface area contributed by atoms with Gasteiger partial charge >= 0.3 is 0 Å². The van der Waals surface area contributed by atoms with Crippen molar-refractivity contribution in [3.63, 3.8) is 0 Å². The summed E-state index contributed by atoms with van der Waals surface area (Å²) in [5.41, 5.74) is 0. The van der Waals surface area contributed by atoms with Crippen molar-refractivity contribution in [1.82, 2.24) is 5.32 Å². The molecule has 1 saturated carbocycles. The summed E-state index contributed by atoms with van der Waals surface area (Å²) in [4.78, 5) is 11.1. The highest BCUT2D eigenvalue weighted by atomic mass is 32.1. The Balaban J connectivity index is 2.18. The van der Waals surface area contributed by atoms with Gasteiger partial charge in [0.25, 0.3) is 0 Å². The van der Waals surface area contributed by atoms with Crippen LogP contribution < -0.4 is 5.32 Å². The molecule has 0 aromatic carbocycles. The van der Waals surface area contributed by atoms with Crippen LogP contribution in [0.1, 0.15) is 26.7 Å². The second-order valence-electron chi connectivity index (χ2n) is 3.20. The van der Waals surface area contributed by atoms with E-state index in [1.165, 1.54) is 6.42 Å². The lowest BCUT2D eigenvalue weighted by atomic mass is 10.3. The van der Waals surface area contributed by atoms with Gasteiger partial charge in [0.2, 0.25) is 5.91 Å². The summed E-state index contributed by atoms with van der Waals surface area (Å²) < 4.78 is 0. The molecule has 3 heteroatoms. The summed E-state index contributed by atoms with van der Waals surface area (Å²) >= 11 is 4.04. The van der Waals surface area contributed by atoms with Crippen molar-refractivity contribution in [1.29, 1.82) is 0 Å². The lowest BCUT2D eigenvalue weighted by Gasteiger charge is -2.05. The maximum atomic E-state index is 11.1. The van der Waals surface area contributed by atoms with Crippen LogP contribution in [0.25, 0.3) is 0 Å². The summed E-state index contributed by atoms with van der Waals surface area (Å²) in [5.74, 6) is 0.792. The highest BCUT2D eigenvalue weighted by Gasteiger charge is 2.36. The Bertz CT molecular complexity index is 158. The van der Waals surface area contributed by atoms with E-state index in [0.717, 1.165) is 12.3 Å². The third kappa shape index (κ3) is 2.40. The van der Waals surface area contributed by atoms with E-state index < -0.39 is 0 Å². The molecule has 3 unspecified atom stereocenters. The molecule has 3 atom stereocenters. The summed E-state index contributed by atoms with van der Waals surface area (Å²) in [6.07, 6.45) is 2.33. The predicted molar refractivity (Wildman–Crippen MR) is 48.8 cm³/mol. The van der Waals surface area contributed by atoms with Crippen LogP contribution in [0.5, 0.6) is 0 Å². The van der Waals surface area contributed by atoms with Gasteiger partial charge in [0.15, 0.2) is 0 Å². The fourth-order valence-electron chi connectivity index (χ4n) is 1.18. The minimum absolute atomic E-state index is 0.0642. The molecule has 1 N–H and O–H groups in total. The third-order valence-corrected chi connectivity index (χ3v) is 2.39.